The van der Waals surface area contributed by atoms with Crippen LogP contribution in [0.25, 0.3) is 0 Å². The summed E-state index contributed by atoms with van der Waals surface area (Å²) in [6.07, 6.45) is 1.42. The number of nitrogens with one attached hydrogen (secondary N) is 1. The second-order valence-corrected chi connectivity index (χ2v) is 3.75. The monoisotopic (exact) mass is 235 g/mol. The molecule has 7 heteroatoms. The van der Waals surface area contributed by atoms with Crippen LogP contribution in [-0.2, 0) is 7.05 Å². The van der Waals surface area contributed by atoms with Crippen molar-refractivity contribution in [1.82, 2.24) is 14.9 Å². The summed E-state index contributed by atoms with van der Waals surface area (Å²) < 4.78 is 6.40. The highest BCUT2D eigenvalue weighted by atomic mass is 16.5. The molecular formula is C10H13N5O2. The summed E-state index contributed by atoms with van der Waals surface area (Å²) in [6, 6.07) is 0. The van der Waals surface area contributed by atoms with Gasteiger partial charge < -0.3 is 10.3 Å². The first-order valence-electron chi connectivity index (χ1n) is 5.02. The molecule has 0 fully saturated rings. The zero-order valence-electron chi connectivity index (χ0n) is 9.81. The van der Waals surface area contributed by atoms with Crippen molar-refractivity contribution in [2.45, 2.75) is 13.8 Å². The predicted molar refractivity (Wildman–Crippen MR) is 61.6 cm³/mol. The van der Waals surface area contributed by atoms with Gasteiger partial charge in [-0.25, -0.2) is 0 Å². The van der Waals surface area contributed by atoms with Gasteiger partial charge in [0.05, 0.1) is 17.6 Å². The van der Waals surface area contributed by atoms with Gasteiger partial charge in [-0.2, -0.15) is 5.10 Å². The van der Waals surface area contributed by atoms with E-state index in [1.54, 1.807) is 14.0 Å². The third-order valence-corrected chi connectivity index (χ3v) is 2.57. The Bertz CT molecular complexity index is 550. The maximum atomic E-state index is 11.9. The molecule has 0 saturated heterocycles. The van der Waals surface area contributed by atoms with Gasteiger partial charge >= 0.3 is 0 Å². The van der Waals surface area contributed by atoms with E-state index in [1.165, 1.54) is 10.9 Å². The van der Waals surface area contributed by atoms with E-state index in [2.05, 4.69) is 15.6 Å². The number of anilines is 2. The molecule has 0 unspecified atom stereocenters. The van der Waals surface area contributed by atoms with Crippen molar-refractivity contribution in [3.63, 3.8) is 0 Å². The Kier molecular flexibility index (Phi) is 2.58. The van der Waals surface area contributed by atoms with Crippen molar-refractivity contribution < 1.29 is 9.32 Å². The van der Waals surface area contributed by atoms with Crippen LogP contribution in [0.4, 0.5) is 11.6 Å². The summed E-state index contributed by atoms with van der Waals surface area (Å²) in [5, 5.41) is 10.2. The van der Waals surface area contributed by atoms with Crippen molar-refractivity contribution >= 4 is 17.5 Å². The Hall–Kier alpha value is -2.31. The number of rotatable bonds is 2. The van der Waals surface area contributed by atoms with Crippen LogP contribution in [0, 0.1) is 13.8 Å². The topological polar surface area (TPSA) is 99.0 Å². The van der Waals surface area contributed by atoms with Crippen LogP contribution in [-0.4, -0.2) is 20.8 Å². The lowest BCUT2D eigenvalue weighted by Crippen LogP contribution is -2.17. The van der Waals surface area contributed by atoms with Crippen LogP contribution in [0.3, 0.4) is 0 Å². The number of nitrogens with two attached hydrogens (primary N) is 1. The highest BCUT2D eigenvalue weighted by molar-refractivity contribution is 6.06. The number of amides is 1. The molecule has 2 heterocycles. The van der Waals surface area contributed by atoms with Gasteiger partial charge in [0.25, 0.3) is 5.91 Å². The molecule has 2 aromatic rings. The second kappa shape index (κ2) is 3.93. The zero-order valence-corrected chi connectivity index (χ0v) is 9.81. The van der Waals surface area contributed by atoms with E-state index in [-0.39, 0.29) is 5.91 Å². The first kappa shape index (κ1) is 11.2. The molecule has 0 aliphatic carbocycles. The van der Waals surface area contributed by atoms with Gasteiger partial charge in [-0.15, -0.1) is 0 Å². The third-order valence-electron chi connectivity index (χ3n) is 2.57. The lowest BCUT2D eigenvalue weighted by molar-refractivity contribution is 0.101. The van der Waals surface area contributed by atoms with Gasteiger partial charge in [0, 0.05) is 12.6 Å². The molecule has 17 heavy (non-hydrogen) atoms. The van der Waals surface area contributed by atoms with Crippen LogP contribution in [0.15, 0.2) is 10.7 Å². The quantitative estimate of drug-likeness (QED) is 0.804. The first-order valence-corrected chi connectivity index (χ1v) is 5.02. The molecule has 3 N–H and O–H groups in total. The Morgan fingerprint density at radius 1 is 1.53 bits per heavy atom. The number of carbonyl (C=O) groups excluding carboxylic acids is 1. The van der Waals surface area contributed by atoms with Gasteiger partial charge in [0.1, 0.15) is 5.69 Å². The lowest BCUT2D eigenvalue weighted by atomic mass is 10.2. The molecule has 2 aromatic heterocycles. The fraction of sp³-hybridized carbons (Fsp3) is 0.300. The maximum Gasteiger partial charge on any atom is 0.278 e. The second-order valence-electron chi connectivity index (χ2n) is 3.75. The average molecular weight is 235 g/mol. The van der Waals surface area contributed by atoms with Crippen molar-refractivity contribution in [2.24, 2.45) is 7.05 Å². The Morgan fingerprint density at radius 3 is 2.71 bits per heavy atom. The van der Waals surface area contributed by atoms with Crippen LogP contribution in [0.1, 0.15) is 21.7 Å². The van der Waals surface area contributed by atoms with Crippen molar-refractivity contribution in [1.29, 1.82) is 0 Å². The molecule has 0 atom stereocenters. The van der Waals surface area contributed by atoms with Crippen LogP contribution < -0.4 is 11.1 Å². The Labute approximate surface area is 97.6 Å². The third kappa shape index (κ3) is 1.86. The van der Waals surface area contributed by atoms with E-state index in [9.17, 15) is 4.79 Å². The fourth-order valence-electron chi connectivity index (χ4n) is 1.43. The molecule has 90 valence electrons. The number of carbonyl (C=O) groups is 1. The molecule has 0 aliphatic heterocycles. The van der Waals surface area contributed by atoms with Gasteiger partial charge in [0.2, 0.25) is 5.88 Å². The minimum Gasteiger partial charge on any atom is -0.396 e. The van der Waals surface area contributed by atoms with Crippen LogP contribution in [0.2, 0.25) is 0 Å². The summed E-state index contributed by atoms with van der Waals surface area (Å²) in [5.74, 6) is -0.0464. The van der Waals surface area contributed by atoms with E-state index in [0.29, 0.717) is 17.3 Å². The van der Waals surface area contributed by atoms with Gasteiger partial charge in [0.15, 0.2) is 0 Å². The number of nitrogen functional groups attached to an aromatic ring is 1. The summed E-state index contributed by atoms with van der Waals surface area (Å²) in [6.45, 7) is 3.61. The van der Waals surface area contributed by atoms with Crippen molar-refractivity contribution in [2.75, 3.05) is 11.1 Å². The largest absolute Gasteiger partial charge is 0.396 e. The number of nitrogens with zero attached hydrogens (tertiary/aromatic N) is 3. The Balaban J connectivity index is 2.26. The van der Waals surface area contributed by atoms with Crippen molar-refractivity contribution in [3.05, 3.63) is 23.1 Å². The van der Waals surface area contributed by atoms with E-state index in [4.69, 9.17) is 10.3 Å². The smallest absolute Gasteiger partial charge is 0.278 e. The molecule has 0 spiro atoms. The number of hydrogen-bond donors (Lipinski definition) is 2. The fourth-order valence-corrected chi connectivity index (χ4v) is 1.43. The number of aromatic nitrogens is 3. The molecule has 0 radical (unpaired) electrons. The summed E-state index contributed by atoms with van der Waals surface area (Å²) in [5.41, 5.74) is 7.78. The standard InChI is InChI=1S/C10H13N5O2/c1-5-6(2)14-17-10(5)13-9(16)8-7(11)4-12-15(8)3/h4H,11H2,1-3H3,(H,13,16). The molecular weight excluding hydrogens is 222 g/mol. The van der Waals surface area contributed by atoms with Crippen molar-refractivity contribution in [3.8, 4) is 0 Å². The molecule has 0 aliphatic rings. The van der Waals surface area contributed by atoms with E-state index >= 15 is 0 Å². The normalized spacial score (nSPS) is 10.5. The minimum absolute atomic E-state index is 0.290. The Morgan fingerprint density at radius 2 is 2.24 bits per heavy atom. The highest BCUT2D eigenvalue weighted by Crippen LogP contribution is 2.19. The van der Waals surface area contributed by atoms with Crippen LogP contribution >= 0.6 is 0 Å². The van der Waals surface area contributed by atoms with E-state index < -0.39 is 0 Å². The van der Waals surface area contributed by atoms with Gasteiger partial charge in [-0.05, 0) is 13.8 Å². The highest BCUT2D eigenvalue weighted by Gasteiger charge is 2.18. The van der Waals surface area contributed by atoms with E-state index in [1.807, 2.05) is 6.92 Å². The summed E-state index contributed by atoms with van der Waals surface area (Å²) in [7, 11) is 1.64. The molecule has 0 bridgehead atoms. The molecule has 0 aromatic carbocycles. The number of aryl methyl sites for hydroxylation is 2. The predicted octanol–water partition coefficient (Wildman–Crippen LogP) is 0.859. The van der Waals surface area contributed by atoms with Crippen LogP contribution in [0.5, 0.6) is 0 Å². The summed E-state index contributed by atoms with van der Waals surface area (Å²) >= 11 is 0. The lowest BCUT2D eigenvalue weighted by Gasteiger charge is -2.03. The molecule has 2 rings (SSSR count). The molecule has 7 nitrogen and oxygen atoms in total. The van der Waals surface area contributed by atoms with Gasteiger partial charge in [-0.1, -0.05) is 5.16 Å². The van der Waals surface area contributed by atoms with Gasteiger partial charge in [-0.3, -0.25) is 14.8 Å². The first-order chi connectivity index (χ1) is 8.00. The molecule has 0 saturated carbocycles. The molecule has 1 amide bonds. The number of hydrogen-bond acceptors (Lipinski definition) is 5. The average Bonchev–Trinajstić information content (AvgIpc) is 2.76. The SMILES string of the molecule is Cc1noc(NC(=O)c2c(N)cnn2C)c1C. The maximum absolute atomic E-state index is 11.9. The van der Waals surface area contributed by atoms with E-state index in [0.717, 1.165) is 11.3 Å². The zero-order chi connectivity index (χ0) is 12.6. The minimum atomic E-state index is -0.373. The summed E-state index contributed by atoms with van der Waals surface area (Å²) in [4.78, 5) is 11.9.